The molecule has 1 fully saturated rings. The molecular weight excluding hydrogens is 545 g/mol. The molecule has 3 aromatic carbocycles. The zero-order chi connectivity index (χ0) is 29.7. The van der Waals surface area contributed by atoms with Gasteiger partial charge in [0.1, 0.15) is 0 Å². The number of hydrogen-bond acceptors (Lipinski definition) is 4. The van der Waals surface area contributed by atoms with Crippen molar-refractivity contribution in [3.8, 4) is 0 Å². The lowest BCUT2D eigenvalue weighted by Gasteiger charge is -2.17. The van der Waals surface area contributed by atoms with E-state index in [0.29, 0.717) is 17.1 Å². The van der Waals surface area contributed by atoms with Gasteiger partial charge < -0.3 is 10.4 Å². The highest BCUT2D eigenvalue weighted by Gasteiger charge is 2.51. The van der Waals surface area contributed by atoms with Gasteiger partial charge in [-0.2, -0.15) is 13.2 Å². The fourth-order valence-electron chi connectivity index (χ4n) is 4.56. The van der Waals surface area contributed by atoms with E-state index < -0.39 is 27.6 Å². The molecule has 0 heterocycles. The molecule has 7 nitrogen and oxygen atoms in total. The lowest BCUT2D eigenvalue weighted by molar-refractivity contribution is -0.192. The Morgan fingerprint density at radius 2 is 1.45 bits per heavy atom. The van der Waals surface area contributed by atoms with Gasteiger partial charge >= 0.3 is 12.1 Å². The maximum atomic E-state index is 13.0. The van der Waals surface area contributed by atoms with Crippen LogP contribution in [-0.4, -0.2) is 38.1 Å². The van der Waals surface area contributed by atoms with Crippen LogP contribution in [0.4, 0.5) is 18.9 Å². The highest BCUT2D eigenvalue weighted by molar-refractivity contribution is 7.92. The summed E-state index contributed by atoms with van der Waals surface area (Å²) in [7, 11) is -3.71. The van der Waals surface area contributed by atoms with Crippen LogP contribution in [0.3, 0.4) is 0 Å². The number of rotatable bonds is 8. The average Bonchev–Trinajstić information content (AvgIpc) is 3.66. The summed E-state index contributed by atoms with van der Waals surface area (Å²) in [6.45, 7) is 6.17. The molecule has 1 aliphatic carbocycles. The minimum atomic E-state index is -5.08. The number of carboxylic acids is 1. The third-order valence-corrected chi connectivity index (χ3v) is 8.22. The number of anilines is 1. The van der Waals surface area contributed by atoms with Crippen molar-refractivity contribution in [3.63, 3.8) is 0 Å². The number of sulfonamides is 1. The van der Waals surface area contributed by atoms with Crippen molar-refractivity contribution in [2.75, 3.05) is 11.3 Å². The second-order valence-corrected chi connectivity index (χ2v) is 11.4. The van der Waals surface area contributed by atoms with Gasteiger partial charge in [-0.3, -0.25) is 9.52 Å². The summed E-state index contributed by atoms with van der Waals surface area (Å²) in [5, 5.41) is 10.2. The molecule has 0 spiro atoms. The van der Waals surface area contributed by atoms with Crippen molar-refractivity contribution in [3.05, 3.63) is 94.5 Å². The van der Waals surface area contributed by atoms with Gasteiger partial charge in [-0.1, -0.05) is 60.2 Å². The highest BCUT2D eigenvalue weighted by atomic mass is 32.2. The predicted molar refractivity (Wildman–Crippen MR) is 146 cm³/mol. The quantitative estimate of drug-likeness (QED) is 0.331. The van der Waals surface area contributed by atoms with Crippen LogP contribution >= 0.6 is 0 Å². The molecule has 0 atom stereocenters. The van der Waals surface area contributed by atoms with Gasteiger partial charge in [-0.15, -0.1) is 0 Å². The van der Waals surface area contributed by atoms with Gasteiger partial charge in [0.05, 0.1) is 10.3 Å². The predicted octanol–water partition coefficient (Wildman–Crippen LogP) is 5.44. The van der Waals surface area contributed by atoms with Crippen LogP contribution in [0.1, 0.15) is 40.7 Å². The Bertz CT molecular complexity index is 1440. The molecule has 0 saturated heterocycles. The SMILES string of the molecule is Cc1cc(C)c(S(=O)(=O)Nc2ccc(C3(C(=O)NCCc4ccccc4)CC3)cc2)c(C)c1.O=C(O)C(F)(F)F. The first-order valence-corrected chi connectivity index (χ1v) is 14.0. The molecule has 1 saturated carbocycles. The molecule has 0 bridgehead atoms. The number of amides is 1. The van der Waals surface area contributed by atoms with Crippen LogP contribution in [0.25, 0.3) is 0 Å². The summed E-state index contributed by atoms with van der Waals surface area (Å²) in [5.74, 6) is -2.72. The highest BCUT2D eigenvalue weighted by Crippen LogP contribution is 2.48. The molecule has 40 heavy (non-hydrogen) atoms. The van der Waals surface area contributed by atoms with Crippen LogP contribution in [0.2, 0.25) is 0 Å². The number of alkyl halides is 3. The Morgan fingerprint density at radius 1 is 0.925 bits per heavy atom. The van der Waals surface area contributed by atoms with Gasteiger partial charge in [-0.25, -0.2) is 13.2 Å². The summed E-state index contributed by atoms with van der Waals surface area (Å²) in [6, 6.07) is 21.0. The summed E-state index contributed by atoms with van der Waals surface area (Å²) in [6.07, 6.45) is -2.69. The van der Waals surface area contributed by atoms with Gasteiger partial charge in [-0.05, 0) is 74.4 Å². The number of carboxylic acid groups (broad SMARTS) is 1. The standard InChI is InChI=1S/C27H30N2O3S.C2HF3O2/c1-19-17-20(2)25(21(3)18-19)33(31,32)29-24-11-9-23(10-12-24)27(14-15-27)26(30)28-16-13-22-7-5-4-6-8-22;3-2(4,5)1(6)7/h4-12,17-18,29H,13-16H2,1-3H3,(H,28,30);(H,6,7). The van der Waals surface area contributed by atoms with Crippen molar-refractivity contribution in [2.45, 2.75) is 56.5 Å². The van der Waals surface area contributed by atoms with E-state index in [1.165, 1.54) is 5.56 Å². The first-order valence-electron chi connectivity index (χ1n) is 12.5. The molecule has 0 unspecified atom stereocenters. The van der Waals surface area contributed by atoms with Gasteiger partial charge in [0.15, 0.2) is 0 Å². The number of carbonyl (C=O) groups is 2. The number of aryl methyl sites for hydroxylation is 3. The summed E-state index contributed by atoms with van der Waals surface area (Å²) in [5.41, 5.74) is 4.58. The maximum absolute atomic E-state index is 13.0. The van der Waals surface area contributed by atoms with Gasteiger partial charge in [0.25, 0.3) is 10.0 Å². The van der Waals surface area contributed by atoms with Gasteiger partial charge in [0, 0.05) is 12.2 Å². The zero-order valence-electron chi connectivity index (χ0n) is 22.3. The Morgan fingerprint density at radius 3 is 1.93 bits per heavy atom. The van der Waals surface area contributed by atoms with Crippen LogP contribution in [0.15, 0.2) is 71.6 Å². The number of nitrogens with one attached hydrogen (secondary N) is 2. The molecule has 1 aliphatic rings. The molecular formula is C29H31F3N2O5S. The van der Waals surface area contributed by atoms with Crippen LogP contribution in [-0.2, 0) is 31.4 Å². The Balaban J connectivity index is 0.000000559. The van der Waals surface area contributed by atoms with E-state index in [1.807, 2.05) is 63.2 Å². The van der Waals surface area contributed by atoms with E-state index >= 15 is 0 Å². The summed E-state index contributed by atoms with van der Waals surface area (Å²) in [4.78, 5) is 22.1. The van der Waals surface area contributed by atoms with Crippen LogP contribution in [0.5, 0.6) is 0 Å². The molecule has 3 aromatic rings. The summed E-state index contributed by atoms with van der Waals surface area (Å²) < 4.78 is 60.5. The van der Waals surface area contributed by atoms with E-state index in [0.717, 1.165) is 41.5 Å². The number of carbonyl (C=O) groups excluding carboxylic acids is 1. The third kappa shape index (κ3) is 7.62. The zero-order valence-corrected chi connectivity index (χ0v) is 23.1. The van der Waals surface area contributed by atoms with E-state index in [-0.39, 0.29) is 5.91 Å². The molecule has 11 heteroatoms. The first kappa shape index (κ1) is 30.7. The minimum absolute atomic E-state index is 0.0395. The number of benzene rings is 3. The topological polar surface area (TPSA) is 113 Å². The number of hydrogen-bond donors (Lipinski definition) is 3. The van der Waals surface area contributed by atoms with E-state index in [2.05, 4.69) is 22.2 Å². The van der Waals surface area contributed by atoms with Crippen LogP contribution in [0, 0.1) is 20.8 Å². The number of halogens is 3. The van der Waals surface area contributed by atoms with Crippen LogP contribution < -0.4 is 10.0 Å². The molecule has 1 amide bonds. The Hall–Kier alpha value is -3.86. The van der Waals surface area contributed by atoms with Crippen molar-refractivity contribution < 1.29 is 36.3 Å². The van der Waals surface area contributed by atoms with Crippen molar-refractivity contribution in [2.24, 2.45) is 0 Å². The monoisotopic (exact) mass is 576 g/mol. The molecule has 0 radical (unpaired) electrons. The Kier molecular flexibility index (Phi) is 9.29. The molecule has 0 aliphatic heterocycles. The molecule has 0 aromatic heterocycles. The smallest absolute Gasteiger partial charge is 0.475 e. The molecule has 4 rings (SSSR count). The second-order valence-electron chi connectivity index (χ2n) is 9.79. The van der Waals surface area contributed by atoms with E-state index in [4.69, 9.17) is 9.90 Å². The fraction of sp³-hybridized carbons (Fsp3) is 0.310. The van der Waals surface area contributed by atoms with Crippen molar-refractivity contribution in [1.82, 2.24) is 5.32 Å². The normalized spacial score (nSPS) is 13.9. The minimum Gasteiger partial charge on any atom is -0.475 e. The maximum Gasteiger partial charge on any atom is 0.490 e. The second kappa shape index (κ2) is 12.1. The average molecular weight is 577 g/mol. The molecule has 214 valence electrons. The van der Waals surface area contributed by atoms with E-state index in [1.54, 1.807) is 12.1 Å². The Labute approximate surface area is 231 Å². The lowest BCUT2D eigenvalue weighted by atomic mass is 9.94. The van der Waals surface area contributed by atoms with Gasteiger partial charge in [0.2, 0.25) is 5.91 Å². The van der Waals surface area contributed by atoms with Crippen molar-refractivity contribution >= 4 is 27.6 Å². The largest absolute Gasteiger partial charge is 0.490 e. The van der Waals surface area contributed by atoms with E-state index in [9.17, 15) is 26.4 Å². The summed E-state index contributed by atoms with van der Waals surface area (Å²) >= 11 is 0. The number of aliphatic carboxylic acids is 1. The van der Waals surface area contributed by atoms with Crippen molar-refractivity contribution in [1.29, 1.82) is 0 Å². The lowest BCUT2D eigenvalue weighted by Crippen LogP contribution is -2.35. The first-order chi connectivity index (χ1) is 18.7. The fourth-order valence-corrected chi connectivity index (χ4v) is 6.07. The molecule has 3 N–H and O–H groups in total. The third-order valence-electron chi connectivity index (χ3n) is 6.53.